The van der Waals surface area contributed by atoms with Crippen LogP contribution in [0.25, 0.3) is 0 Å². The van der Waals surface area contributed by atoms with E-state index in [-0.39, 0.29) is 5.91 Å². The Bertz CT molecular complexity index is 507. The van der Waals surface area contributed by atoms with Crippen LogP contribution >= 0.6 is 11.8 Å². The number of hydrogen-bond donors (Lipinski definition) is 1. The number of carbonyl (C=O) groups is 1. The number of nitrogens with one attached hydrogen (secondary N) is 1. The van der Waals surface area contributed by atoms with Crippen molar-refractivity contribution in [1.82, 2.24) is 0 Å². The van der Waals surface area contributed by atoms with Gasteiger partial charge in [0, 0.05) is 23.1 Å². The maximum atomic E-state index is 11.9. The Hall–Kier alpha value is -1.47. The standard InChI is InChI=1S/C17H22N2OS/c1-13-3-2-4-16(11-13)21-10-9-17(20)19-15-7-5-14(12-18)6-8-15/h5-8,13,16H,2-4,9-11H2,1H3,(H,19,20). The Labute approximate surface area is 131 Å². The SMILES string of the molecule is CC1CCCC(SCCC(=O)Nc2ccc(C#N)cc2)C1. The predicted octanol–water partition coefficient (Wildman–Crippen LogP) is 4.20. The Morgan fingerprint density at radius 1 is 1.38 bits per heavy atom. The largest absolute Gasteiger partial charge is 0.326 e. The first kappa shape index (κ1) is 15.9. The minimum atomic E-state index is 0.0519. The molecule has 1 saturated carbocycles. The molecule has 0 aromatic heterocycles. The average Bonchev–Trinajstić information content (AvgIpc) is 2.48. The van der Waals surface area contributed by atoms with Crippen LogP contribution in [0.5, 0.6) is 0 Å². The van der Waals surface area contributed by atoms with Crippen LogP contribution in [0.1, 0.15) is 44.6 Å². The highest BCUT2D eigenvalue weighted by atomic mass is 32.2. The van der Waals surface area contributed by atoms with Gasteiger partial charge in [0.2, 0.25) is 5.91 Å². The Morgan fingerprint density at radius 2 is 2.14 bits per heavy atom. The number of benzene rings is 1. The maximum Gasteiger partial charge on any atom is 0.225 e. The van der Waals surface area contributed by atoms with Crippen molar-refractivity contribution in [2.24, 2.45) is 5.92 Å². The molecule has 4 heteroatoms. The van der Waals surface area contributed by atoms with Crippen molar-refractivity contribution in [3.63, 3.8) is 0 Å². The first-order chi connectivity index (χ1) is 10.2. The first-order valence-corrected chi connectivity index (χ1v) is 8.64. The topological polar surface area (TPSA) is 52.9 Å². The van der Waals surface area contributed by atoms with Crippen molar-refractivity contribution >= 4 is 23.4 Å². The highest BCUT2D eigenvalue weighted by Gasteiger charge is 2.19. The van der Waals surface area contributed by atoms with Crippen LogP contribution in [-0.4, -0.2) is 16.9 Å². The van der Waals surface area contributed by atoms with Crippen molar-refractivity contribution in [1.29, 1.82) is 5.26 Å². The van der Waals surface area contributed by atoms with Gasteiger partial charge in [-0.25, -0.2) is 0 Å². The molecule has 1 fully saturated rings. The van der Waals surface area contributed by atoms with Crippen LogP contribution in [0.3, 0.4) is 0 Å². The van der Waals surface area contributed by atoms with E-state index in [1.807, 2.05) is 11.8 Å². The number of amides is 1. The van der Waals surface area contributed by atoms with Crippen molar-refractivity contribution in [3.05, 3.63) is 29.8 Å². The normalized spacial score (nSPS) is 21.5. The quantitative estimate of drug-likeness (QED) is 0.887. The van der Waals surface area contributed by atoms with E-state index in [9.17, 15) is 4.79 Å². The molecule has 1 N–H and O–H groups in total. The van der Waals surface area contributed by atoms with Gasteiger partial charge in [-0.15, -0.1) is 0 Å². The number of anilines is 1. The van der Waals surface area contributed by atoms with E-state index in [2.05, 4.69) is 18.3 Å². The highest BCUT2D eigenvalue weighted by Crippen LogP contribution is 2.32. The highest BCUT2D eigenvalue weighted by molar-refractivity contribution is 7.99. The zero-order valence-corrected chi connectivity index (χ0v) is 13.3. The predicted molar refractivity (Wildman–Crippen MR) is 88.3 cm³/mol. The lowest BCUT2D eigenvalue weighted by Gasteiger charge is -2.26. The molecule has 2 rings (SSSR count). The summed E-state index contributed by atoms with van der Waals surface area (Å²) in [6, 6.07) is 9.04. The number of nitrogens with zero attached hydrogens (tertiary/aromatic N) is 1. The zero-order chi connectivity index (χ0) is 15.1. The van der Waals surface area contributed by atoms with Crippen LogP contribution in [0, 0.1) is 17.2 Å². The number of hydrogen-bond acceptors (Lipinski definition) is 3. The molecule has 1 amide bonds. The summed E-state index contributed by atoms with van der Waals surface area (Å²) in [5, 5.41) is 12.3. The van der Waals surface area contributed by atoms with Gasteiger partial charge in [0.25, 0.3) is 0 Å². The third-order valence-corrected chi connectivity index (χ3v) is 5.21. The van der Waals surface area contributed by atoms with Crippen LogP contribution in [0.2, 0.25) is 0 Å². The molecule has 0 heterocycles. The van der Waals surface area contributed by atoms with Crippen LogP contribution in [0.15, 0.2) is 24.3 Å². The minimum absolute atomic E-state index is 0.0519. The molecular formula is C17H22N2OS. The van der Waals surface area contributed by atoms with Crippen LogP contribution < -0.4 is 5.32 Å². The monoisotopic (exact) mass is 302 g/mol. The van der Waals surface area contributed by atoms with Gasteiger partial charge in [-0.2, -0.15) is 17.0 Å². The van der Waals surface area contributed by atoms with Gasteiger partial charge < -0.3 is 5.32 Å². The minimum Gasteiger partial charge on any atom is -0.326 e. The molecule has 3 nitrogen and oxygen atoms in total. The second kappa shape index (κ2) is 8.09. The van der Waals surface area contributed by atoms with E-state index in [1.54, 1.807) is 24.3 Å². The summed E-state index contributed by atoms with van der Waals surface area (Å²) >= 11 is 1.94. The molecule has 0 aliphatic heterocycles. The zero-order valence-electron chi connectivity index (χ0n) is 12.5. The van der Waals surface area contributed by atoms with E-state index in [1.165, 1.54) is 25.7 Å². The third kappa shape index (κ3) is 5.43. The van der Waals surface area contributed by atoms with E-state index in [0.29, 0.717) is 12.0 Å². The van der Waals surface area contributed by atoms with Crippen LogP contribution in [-0.2, 0) is 4.79 Å². The summed E-state index contributed by atoms with van der Waals surface area (Å²) in [4.78, 5) is 11.9. The molecule has 0 radical (unpaired) electrons. The van der Waals surface area contributed by atoms with E-state index >= 15 is 0 Å². The number of rotatable bonds is 5. The fourth-order valence-electron chi connectivity index (χ4n) is 2.70. The molecule has 1 aromatic rings. The summed E-state index contributed by atoms with van der Waals surface area (Å²) in [7, 11) is 0. The van der Waals surface area contributed by atoms with Gasteiger partial charge in [0.1, 0.15) is 0 Å². The van der Waals surface area contributed by atoms with Gasteiger partial charge >= 0.3 is 0 Å². The number of carbonyl (C=O) groups excluding carboxylic acids is 1. The molecule has 0 bridgehead atoms. The summed E-state index contributed by atoms with van der Waals surface area (Å²) in [6.07, 6.45) is 5.83. The molecule has 2 unspecified atom stereocenters. The van der Waals surface area contributed by atoms with Gasteiger partial charge in [-0.05, 0) is 43.0 Å². The fraction of sp³-hybridized carbons (Fsp3) is 0.529. The second-order valence-corrected chi connectivity index (χ2v) is 7.16. The maximum absolute atomic E-state index is 11.9. The Morgan fingerprint density at radius 3 is 2.81 bits per heavy atom. The van der Waals surface area contributed by atoms with Crippen molar-refractivity contribution in [2.45, 2.75) is 44.3 Å². The molecule has 1 aliphatic rings. The summed E-state index contributed by atoms with van der Waals surface area (Å²) in [5.74, 6) is 1.78. The Balaban J connectivity index is 1.68. The third-order valence-electron chi connectivity index (χ3n) is 3.87. The molecule has 21 heavy (non-hydrogen) atoms. The lowest BCUT2D eigenvalue weighted by Crippen LogP contribution is -2.17. The summed E-state index contributed by atoms with van der Waals surface area (Å²) in [5.41, 5.74) is 1.37. The molecule has 112 valence electrons. The molecule has 2 atom stereocenters. The number of thioether (sulfide) groups is 1. The lowest BCUT2D eigenvalue weighted by molar-refractivity contribution is -0.115. The van der Waals surface area contributed by atoms with Crippen molar-refractivity contribution in [3.8, 4) is 6.07 Å². The van der Waals surface area contributed by atoms with Gasteiger partial charge in [0.05, 0.1) is 11.6 Å². The van der Waals surface area contributed by atoms with Gasteiger partial charge in [-0.3, -0.25) is 4.79 Å². The van der Waals surface area contributed by atoms with Crippen LogP contribution in [0.4, 0.5) is 5.69 Å². The first-order valence-electron chi connectivity index (χ1n) is 7.59. The fourth-order valence-corrected chi connectivity index (χ4v) is 4.13. The Kier molecular flexibility index (Phi) is 6.13. The molecular weight excluding hydrogens is 280 g/mol. The summed E-state index contributed by atoms with van der Waals surface area (Å²) < 4.78 is 0. The molecule has 1 aliphatic carbocycles. The molecule has 1 aromatic carbocycles. The lowest BCUT2D eigenvalue weighted by atomic mass is 9.91. The van der Waals surface area contributed by atoms with E-state index in [0.717, 1.165) is 22.6 Å². The average molecular weight is 302 g/mol. The smallest absolute Gasteiger partial charge is 0.225 e. The molecule has 0 spiro atoms. The van der Waals surface area contributed by atoms with Gasteiger partial charge in [0.15, 0.2) is 0 Å². The summed E-state index contributed by atoms with van der Waals surface area (Å²) in [6.45, 7) is 2.32. The van der Waals surface area contributed by atoms with E-state index < -0.39 is 0 Å². The van der Waals surface area contributed by atoms with Crippen molar-refractivity contribution in [2.75, 3.05) is 11.1 Å². The van der Waals surface area contributed by atoms with Crippen molar-refractivity contribution < 1.29 is 4.79 Å². The van der Waals surface area contributed by atoms with E-state index in [4.69, 9.17) is 5.26 Å². The molecule has 0 saturated heterocycles. The second-order valence-electron chi connectivity index (χ2n) is 5.75. The van der Waals surface area contributed by atoms with Gasteiger partial charge in [-0.1, -0.05) is 19.8 Å². The number of nitriles is 1.